The van der Waals surface area contributed by atoms with Gasteiger partial charge in [-0.2, -0.15) is 9.97 Å². The largest absolute Gasteiger partial charge is 0.382 e. The van der Waals surface area contributed by atoms with Crippen LogP contribution >= 0.6 is 6.49 Å². The second-order valence-corrected chi connectivity index (χ2v) is 11.4. The molecule has 13 heteroatoms. The zero-order valence-corrected chi connectivity index (χ0v) is 18.3. The number of rotatable bonds is 7. The monoisotopic (exact) mass is 448 g/mol. The molecule has 0 radical (unpaired) electrons. The van der Waals surface area contributed by atoms with Crippen molar-refractivity contribution in [1.29, 1.82) is 0 Å². The van der Waals surface area contributed by atoms with Gasteiger partial charge in [0.05, 0.1) is 19.0 Å². The van der Waals surface area contributed by atoms with Crippen molar-refractivity contribution in [2.75, 3.05) is 18.1 Å². The third kappa shape index (κ3) is 4.52. The van der Waals surface area contributed by atoms with Gasteiger partial charge in [-0.05, 0) is 25.7 Å². The molecule has 0 amide bonds. The van der Waals surface area contributed by atoms with Gasteiger partial charge in [0, 0.05) is 5.66 Å². The minimum Gasteiger partial charge on any atom is -0.382 e. The fourth-order valence-corrected chi connectivity index (χ4v) is 4.05. The summed E-state index contributed by atoms with van der Waals surface area (Å²) < 4.78 is 34.1. The van der Waals surface area contributed by atoms with Crippen molar-refractivity contribution in [1.82, 2.24) is 19.5 Å². The van der Waals surface area contributed by atoms with Crippen LogP contribution in [0.4, 0.5) is 16.2 Å². The van der Waals surface area contributed by atoms with Crippen LogP contribution in [0.1, 0.15) is 33.9 Å². The van der Waals surface area contributed by atoms with Gasteiger partial charge >= 0.3 is 0 Å². The topological polar surface area (TPSA) is 144 Å². The lowest BCUT2D eigenvalue weighted by molar-refractivity contribution is -0.0712. The van der Waals surface area contributed by atoms with Crippen molar-refractivity contribution < 1.29 is 23.3 Å². The molecule has 1 aliphatic rings. The van der Waals surface area contributed by atoms with Crippen molar-refractivity contribution >= 4 is 41.2 Å². The Morgan fingerprint density at radius 3 is 2.66 bits per heavy atom. The first-order valence-corrected chi connectivity index (χ1v) is 11.9. The number of alkyl halides is 1. The molecular weight excluding hydrogens is 422 g/mol. The van der Waals surface area contributed by atoms with Crippen molar-refractivity contribution in [3.8, 4) is 0 Å². The Labute approximate surface area is 172 Å². The number of nitrogen functional groups attached to an aromatic ring is 2. The summed E-state index contributed by atoms with van der Waals surface area (Å²) >= 11 is 5.20. The average Bonchev–Trinajstić information content (AvgIpc) is 3.15. The second-order valence-electron chi connectivity index (χ2n) is 7.41. The van der Waals surface area contributed by atoms with Crippen LogP contribution in [0.5, 0.6) is 0 Å². The lowest BCUT2D eigenvalue weighted by Crippen LogP contribution is -2.35. The number of hydrogen-bond donors (Lipinski definition) is 3. The Bertz CT molecular complexity index is 928. The number of anilines is 2. The predicted octanol–water partition coefficient (Wildman–Crippen LogP) is 1.75. The fourth-order valence-electron chi connectivity index (χ4n) is 2.90. The zero-order valence-electron chi connectivity index (χ0n) is 16.6. The molecule has 162 valence electrons. The van der Waals surface area contributed by atoms with Crippen LogP contribution in [0.25, 0.3) is 11.2 Å². The van der Waals surface area contributed by atoms with Crippen LogP contribution in [-0.4, -0.2) is 61.2 Å². The van der Waals surface area contributed by atoms with E-state index in [-0.39, 0.29) is 41.3 Å². The van der Waals surface area contributed by atoms with Crippen LogP contribution < -0.4 is 11.5 Å². The van der Waals surface area contributed by atoms with E-state index in [0.29, 0.717) is 0 Å². The summed E-state index contributed by atoms with van der Waals surface area (Å²) in [4.78, 5) is 22.6. The maximum atomic E-state index is 15.5. The van der Waals surface area contributed by atoms with E-state index in [0.717, 1.165) is 0 Å². The number of nitrogens with two attached hydrogens (primary N) is 2. The quantitative estimate of drug-likeness (QED) is 0.536. The maximum absolute atomic E-state index is 15.5. The molecule has 2 unspecified atom stereocenters. The highest BCUT2D eigenvalue weighted by Crippen LogP contribution is 2.52. The van der Waals surface area contributed by atoms with Crippen molar-refractivity contribution in [2.24, 2.45) is 0 Å². The Hall–Kier alpha value is -1.43. The molecule has 1 aliphatic heterocycles. The molecule has 5 atom stereocenters. The first-order chi connectivity index (χ1) is 13.5. The summed E-state index contributed by atoms with van der Waals surface area (Å²) in [6, 6.07) is 0. The van der Waals surface area contributed by atoms with Crippen LogP contribution in [-0.2, 0) is 25.8 Å². The van der Waals surface area contributed by atoms with E-state index in [4.69, 9.17) is 37.3 Å². The highest BCUT2D eigenvalue weighted by molar-refractivity contribution is 8.09. The minimum atomic E-state index is -3.24. The molecule has 3 heterocycles. The van der Waals surface area contributed by atoms with Crippen LogP contribution in [0.15, 0.2) is 6.33 Å². The van der Waals surface area contributed by atoms with Gasteiger partial charge in [-0.3, -0.25) is 4.57 Å². The highest BCUT2D eigenvalue weighted by Gasteiger charge is 2.49. The third-order valence-corrected chi connectivity index (χ3v) is 7.90. The van der Waals surface area contributed by atoms with E-state index >= 15 is 4.39 Å². The number of imidazole rings is 1. The van der Waals surface area contributed by atoms with E-state index in [9.17, 15) is 4.89 Å². The highest BCUT2D eigenvalue weighted by atomic mass is 32.5. The molecule has 0 saturated carbocycles. The average molecular weight is 448 g/mol. The van der Waals surface area contributed by atoms with Gasteiger partial charge in [-0.15, -0.1) is 0 Å². The first-order valence-electron chi connectivity index (χ1n) is 9.18. The molecule has 10 nitrogen and oxygen atoms in total. The molecule has 29 heavy (non-hydrogen) atoms. The Morgan fingerprint density at radius 2 is 2.03 bits per heavy atom. The smallest absolute Gasteiger partial charge is 0.224 e. The van der Waals surface area contributed by atoms with E-state index in [1.807, 2.05) is 13.8 Å². The standard InChI is InChI=1S/C16H26FN6O4PS/c1-7(2)25-5-9-12(27-28(24,29)8(3)4)10(17)15(26-9)23-6-20-11-13(18)21-16(19)22-14(11)23/h6-10,12,15H,5H2,1-4H3,(H,24,29)(H4,18,19,21,22)/t9-,10+,12?,15-,28?/m1/s1. The van der Waals surface area contributed by atoms with Gasteiger partial charge in [0.15, 0.2) is 30.4 Å². The molecule has 2 aromatic heterocycles. The van der Waals surface area contributed by atoms with Crippen LogP contribution in [0.2, 0.25) is 0 Å². The number of aromatic nitrogens is 4. The summed E-state index contributed by atoms with van der Waals surface area (Å²) in [5.74, 6) is 0.0149. The normalized spacial score (nSPS) is 27.2. The molecule has 0 aliphatic carbocycles. The van der Waals surface area contributed by atoms with Gasteiger partial charge < -0.3 is 30.4 Å². The van der Waals surface area contributed by atoms with E-state index < -0.39 is 31.1 Å². The summed E-state index contributed by atoms with van der Waals surface area (Å²) in [7, 11) is 0. The van der Waals surface area contributed by atoms with E-state index in [1.165, 1.54) is 10.9 Å². The van der Waals surface area contributed by atoms with Gasteiger partial charge in [0.2, 0.25) is 5.95 Å². The Morgan fingerprint density at radius 1 is 1.34 bits per heavy atom. The van der Waals surface area contributed by atoms with Crippen molar-refractivity contribution in [2.45, 2.75) is 64.1 Å². The number of fused-ring (bicyclic) bond motifs is 1. The maximum Gasteiger partial charge on any atom is 0.224 e. The molecule has 0 bridgehead atoms. The van der Waals surface area contributed by atoms with Crippen molar-refractivity contribution in [3.05, 3.63) is 6.33 Å². The lowest BCUT2D eigenvalue weighted by atomic mass is 10.1. The van der Waals surface area contributed by atoms with Crippen LogP contribution in [0.3, 0.4) is 0 Å². The zero-order chi connectivity index (χ0) is 21.5. The van der Waals surface area contributed by atoms with Gasteiger partial charge in [0.25, 0.3) is 0 Å². The number of ether oxygens (including phenoxy) is 2. The molecule has 5 N–H and O–H groups in total. The van der Waals surface area contributed by atoms with Crippen LogP contribution in [0, 0.1) is 0 Å². The molecule has 0 spiro atoms. The molecule has 1 fully saturated rings. The van der Waals surface area contributed by atoms with Gasteiger partial charge in [-0.1, -0.05) is 13.8 Å². The summed E-state index contributed by atoms with van der Waals surface area (Å²) in [6.45, 7) is 4.00. The molecule has 2 aromatic rings. The molecule has 0 aromatic carbocycles. The van der Waals surface area contributed by atoms with Gasteiger partial charge in [-0.25, -0.2) is 9.37 Å². The summed E-state index contributed by atoms with van der Waals surface area (Å²) in [6.07, 6.45) is -3.46. The number of hydrogen-bond acceptors (Lipinski definition) is 9. The third-order valence-electron chi connectivity index (χ3n) is 4.53. The van der Waals surface area contributed by atoms with E-state index in [1.54, 1.807) is 13.8 Å². The predicted molar refractivity (Wildman–Crippen MR) is 111 cm³/mol. The molecule has 3 rings (SSSR count). The summed E-state index contributed by atoms with van der Waals surface area (Å²) in [5, 5.41) is 0. The Kier molecular flexibility index (Phi) is 6.42. The number of halogens is 1. The molecular formula is C16H26FN6O4PS. The molecule has 1 saturated heterocycles. The number of nitrogens with zero attached hydrogens (tertiary/aromatic N) is 4. The van der Waals surface area contributed by atoms with Gasteiger partial charge in [0.1, 0.15) is 17.7 Å². The first kappa shape index (κ1) is 22.3. The SMILES string of the molecule is CC(C)OC[C@H]1O[C@@H](n2cnc3c(N)nc(N)nc32)[C@@H](F)C1OP(O)(=S)C(C)C. The second kappa shape index (κ2) is 8.37. The lowest BCUT2D eigenvalue weighted by Gasteiger charge is -2.27. The van der Waals surface area contributed by atoms with Crippen molar-refractivity contribution in [3.63, 3.8) is 0 Å². The minimum absolute atomic E-state index is 0.0664. The van der Waals surface area contributed by atoms with E-state index in [2.05, 4.69) is 15.0 Å². The Balaban J connectivity index is 1.95. The summed E-state index contributed by atoms with van der Waals surface area (Å²) in [5.41, 5.74) is 11.7. The fraction of sp³-hybridized carbons (Fsp3) is 0.688.